The van der Waals surface area contributed by atoms with Gasteiger partial charge in [-0.25, -0.2) is 0 Å². The Morgan fingerprint density at radius 3 is 2.41 bits per heavy atom. The van der Waals surface area contributed by atoms with Crippen LogP contribution in [0.1, 0.15) is 19.4 Å². The number of nitrogens with zero attached hydrogens (tertiary/aromatic N) is 2. The molecule has 1 amide bonds. The molecule has 0 radical (unpaired) electrons. The van der Waals surface area contributed by atoms with Gasteiger partial charge in [0.05, 0.1) is 17.8 Å². The lowest BCUT2D eigenvalue weighted by atomic mass is 10.2. The highest BCUT2D eigenvalue weighted by Gasteiger charge is 2.31. The van der Waals surface area contributed by atoms with Crippen molar-refractivity contribution >= 4 is 5.91 Å². The molecule has 1 aromatic rings. The minimum absolute atomic E-state index is 0.147. The molecule has 1 aliphatic rings. The third-order valence-electron chi connectivity index (χ3n) is 3.39. The molecule has 1 aliphatic heterocycles. The van der Waals surface area contributed by atoms with Crippen molar-refractivity contribution in [2.24, 2.45) is 0 Å². The van der Waals surface area contributed by atoms with Gasteiger partial charge in [0.1, 0.15) is 6.54 Å². The lowest BCUT2D eigenvalue weighted by Gasteiger charge is -2.35. The van der Waals surface area contributed by atoms with Crippen molar-refractivity contribution in [1.29, 1.82) is 0 Å². The van der Waals surface area contributed by atoms with E-state index in [-0.39, 0.29) is 12.2 Å². The Morgan fingerprint density at radius 1 is 1.27 bits per heavy atom. The Morgan fingerprint density at radius 2 is 1.86 bits per heavy atom. The van der Waals surface area contributed by atoms with Crippen molar-refractivity contribution in [2.75, 3.05) is 13.1 Å². The zero-order valence-electron chi connectivity index (χ0n) is 12.3. The molecule has 0 saturated carbocycles. The minimum Gasteiger partial charge on any atom is -0.372 e. The van der Waals surface area contributed by atoms with Crippen LogP contribution in [-0.4, -0.2) is 40.7 Å². The van der Waals surface area contributed by atoms with Gasteiger partial charge in [-0.3, -0.25) is 9.59 Å². The summed E-state index contributed by atoms with van der Waals surface area (Å²) >= 11 is 0. The van der Waals surface area contributed by atoms with E-state index in [0.717, 1.165) is 10.6 Å². The minimum atomic E-state index is -4.56. The number of carbonyl (C=O) groups is 1. The molecule has 1 aromatic heterocycles. The van der Waals surface area contributed by atoms with Crippen LogP contribution in [0.5, 0.6) is 0 Å². The smallest absolute Gasteiger partial charge is 0.372 e. The number of morpholine rings is 1. The van der Waals surface area contributed by atoms with Crippen LogP contribution in [0, 0.1) is 0 Å². The molecule has 8 heteroatoms. The second-order valence-corrected chi connectivity index (χ2v) is 5.44. The number of hydrogen-bond donors (Lipinski definition) is 0. The van der Waals surface area contributed by atoms with Gasteiger partial charge in [-0.1, -0.05) is 0 Å². The lowest BCUT2D eigenvalue weighted by Crippen LogP contribution is -2.49. The molecule has 0 bridgehead atoms. The first-order valence-electron chi connectivity index (χ1n) is 6.87. The number of rotatable bonds is 2. The quantitative estimate of drug-likeness (QED) is 0.830. The Labute approximate surface area is 125 Å². The molecule has 2 atom stereocenters. The number of pyridine rings is 1. The lowest BCUT2D eigenvalue weighted by molar-refractivity contribution is -0.144. The zero-order chi connectivity index (χ0) is 16.5. The molecule has 2 unspecified atom stereocenters. The summed E-state index contributed by atoms with van der Waals surface area (Å²) in [5.41, 5.74) is -1.60. The average Bonchev–Trinajstić information content (AvgIpc) is 2.38. The fraction of sp³-hybridized carbons (Fsp3) is 0.571. The maximum Gasteiger partial charge on any atom is 0.417 e. The monoisotopic (exact) mass is 318 g/mol. The van der Waals surface area contributed by atoms with Gasteiger partial charge in [0.15, 0.2) is 0 Å². The van der Waals surface area contributed by atoms with Gasteiger partial charge in [-0.05, 0) is 19.9 Å². The SMILES string of the molecule is CC1CN(C(=O)Cn2cc(C(F)(F)F)ccc2=O)CC(C)O1. The Bertz CT molecular complexity index is 602. The van der Waals surface area contributed by atoms with Crippen LogP contribution in [0.2, 0.25) is 0 Å². The van der Waals surface area contributed by atoms with Crippen LogP contribution < -0.4 is 5.56 Å². The van der Waals surface area contributed by atoms with Crippen molar-refractivity contribution in [3.8, 4) is 0 Å². The first-order chi connectivity index (χ1) is 10.2. The van der Waals surface area contributed by atoms with Crippen LogP contribution in [0.25, 0.3) is 0 Å². The van der Waals surface area contributed by atoms with E-state index < -0.39 is 29.8 Å². The van der Waals surface area contributed by atoms with Gasteiger partial charge in [-0.2, -0.15) is 13.2 Å². The number of ether oxygens (including phenoxy) is 1. The van der Waals surface area contributed by atoms with Crippen LogP contribution in [0.15, 0.2) is 23.1 Å². The predicted octanol–water partition coefficient (Wildman–Crippen LogP) is 1.50. The largest absolute Gasteiger partial charge is 0.417 e. The van der Waals surface area contributed by atoms with E-state index in [2.05, 4.69) is 0 Å². The fourth-order valence-corrected chi connectivity index (χ4v) is 2.45. The normalized spacial score (nSPS) is 22.7. The third-order valence-corrected chi connectivity index (χ3v) is 3.39. The second kappa shape index (κ2) is 6.12. The van der Waals surface area contributed by atoms with Gasteiger partial charge in [-0.15, -0.1) is 0 Å². The van der Waals surface area contributed by atoms with Crippen molar-refractivity contribution in [3.05, 3.63) is 34.2 Å². The Hall–Kier alpha value is -1.83. The van der Waals surface area contributed by atoms with Crippen molar-refractivity contribution in [3.63, 3.8) is 0 Å². The van der Waals surface area contributed by atoms with E-state index in [9.17, 15) is 22.8 Å². The highest BCUT2D eigenvalue weighted by molar-refractivity contribution is 5.76. The summed E-state index contributed by atoms with van der Waals surface area (Å²) in [6.07, 6.45) is -4.18. The van der Waals surface area contributed by atoms with Gasteiger partial charge < -0.3 is 14.2 Å². The van der Waals surface area contributed by atoms with Crippen LogP contribution >= 0.6 is 0 Å². The molecule has 1 fully saturated rings. The molecular weight excluding hydrogens is 301 g/mol. The summed E-state index contributed by atoms with van der Waals surface area (Å²) in [4.78, 5) is 25.4. The van der Waals surface area contributed by atoms with Crippen LogP contribution in [0.4, 0.5) is 13.2 Å². The number of aromatic nitrogens is 1. The highest BCUT2D eigenvalue weighted by Crippen LogP contribution is 2.28. The van der Waals surface area contributed by atoms with E-state index in [1.807, 2.05) is 13.8 Å². The first-order valence-corrected chi connectivity index (χ1v) is 6.87. The van der Waals surface area contributed by atoms with Gasteiger partial charge in [0.25, 0.3) is 5.56 Å². The number of hydrogen-bond acceptors (Lipinski definition) is 3. The molecule has 1 saturated heterocycles. The summed E-state index contributed by atoms with van der Waals surface area (Å²) in [7, 11) is 0. The molecule has 0 N–H and O–H groups in total. The maximum atomic E-state index is 12.7. The number of alkyl halides is 3. The molecule has 2 rings (SSSR count). The molecule has 2 heterocycles. The molecular formula is C14H17F3N2O3. The molecule has 5 nitrogen and oxygen atoms in total. The van der Waals surface area contributed by atoms with E-state index in [4.69, 9.17) is 4.74 Å². The zero-order valence-corrected chi connectivity index (χ0v) is 12.3. The summed E-state index contributed by atoms with van der Waals surface area (Å²) in [6, 6.07) is 1.53. The summed E-state index contributed by atoms with van der Waals surface area (Å²) < 4.78 is 44.3. The Kier molecular flexibility index (Phi) is 4.60. The predicted molar refractivity (Wildman–Crippen MR) is 72.3 cm³/mol. The van der Waals surface area contributed by atoms with Crippen molar-refractivity contribution in [2.45, 2.75) is 38.8 Å². The maximum absolute atomic E-state index is 12.7. The third kappa shape index (κ3) is 3.88. The van der Waals surface area contributed by atoms with E-state index in [1.54, 1.807) is 0 Å². The average molecular weight is 318 g/mol. The number of halogens is 3. The molecule has 22 heavy (non-hydrogen) atoms. The Balaban J connectivity index is 2.16. The van der Waals surface area contributed by atoms with E-state index in [1.165, 1.54) is 4.90 Å². The van der Waals surface area contributed by atoms with Gasteiger partial charge >= 0.3 is 6.18 Å². The van der Waals surface area contributed by atoms with Crippen LogP contribution in [0.3, 0.4) is 0 Å². The first kappa shape index (κ1) is 16.5. The van der Waals surface area contributed by atoms with Gasteiger partial charge in [0.2, 0.25) is 5.91 Å². The van der Waals surface area contributed by atoms with Gasteiger partial charge in [0, 0.05) is 25.4 Å². The van der Waals surface area contributed by atoms with Crippen LogP contribution in [-0.2, 0) is 22.3 Å². The molecule has 0 spiro atoms. The second-order valence-electron chi connectivity index (χ2n) is 5.44. The molecule has 0 aliphatic carbocycles. The molecule has 0 aromatic carbocycles. The topological polar surface area (TPSA) is 51.5 Å². The molecule has 122 valence electrons. The fourth-order valence-electron chi connectivity index (χ4n) is 2.45. The number of amides is 1. The van der Waals surface area contributed by atoms with E-state index in [0.29, 0.717) is 25.4 Å². The van der Waals surface area contributed by atoms with E-state index >= 15 is 0 Å². The van der Waals surface area contributed by atoms with Crippen molar-refractivity contribution in [1.82, 2.24) is 9.47 Å². The summed E-state index contributed by atoms with van der Waals surface area (Å²) in [5.74, 6) is -0.400. The standard InChI is InChI=1S/C14H17F3N2O3/c1-9-5-18(6-10(2)22-9)13(21)8-19-7-11(14(15,16)17)3-4-12(19)20/h3-4,7,9-10H,5-6,8H2,1-2H3. The van der Waals surface area contributed by atoms with Crippen molar-refractivity contribution < 1.29 is 22.7 Å². The summed E-state index contributed by atoms with van der Waals surface area (Å²) in [5, 5.41) is 0. The highest BCUT2D eigenvalue weighted by atomic mass is 19.4. The summed E-state index contributed by atoms with van der Waals surface area (Å²) in [6.45, 7) is 3.93. The number of carbonyl (C=O) groups excluding carboxylic acids is 1.